The molecule has 0 unspecified atom stereocenters. The van der Waals surface area contributed by atoms with Crippen molar-refractivity contribution in [3.05, 3.63) is 75.7 Å². The Morgan fingerprint density at radius 2 is 1.61 bits per heavy atom. The highest BCUT2D eigenvalue weighted by Gasteiger charge is 2.30. The number of carboxylic acid groups (broad SMARTS) is 1. The van der Waals surface area contributed by atoms with Crippen LogP contribution in [-0.2, 0) is 9.47 Å². The second-order valence-electron chi connectivity index (χ2n) is 7.65. The zero-order valence-electron chi connectivity index (χ0n) is 18.2. The molecule has 2 aromatic carbocycles. The van der Waals surface area contributed by atoms with E-state index in [9.17, 15) is 19.5 Å². The Bertz CT molecular complexity index is 1190. The number of carbonyl (C=O) groups excluding carboxylic acids is 2. The van der Waals surface area contributed by atoms with Gasteiger partial charge in [-0.05, 0) is 41.2 Å². The molecule has 0 radical (unpaired) electrons. The molecule has 33 heavy (non-hydrogen) atoms. The molecule has 1 heterocycles. The van der Waals surface area contributed by atoms with E-state index in [1.165, 1.54) is 6.92 Å². The number of carbonyl (C=O) groups is 3. The second kappa shape index (κ2) is 9.46. The monoisotopic (exact) mass is 465 g/mol. The van der Waals surface area contributed by atoms with Crippen molar-refractivity contribution >= 4 is 34.4 Å². The predicted molar refractivity (Wildman–Crippen MR) is 125 cm³/mol. The number of thiophene rings is 1. The molecule has 2 N–H and O–H groups in total. The van der Waals surface area contributed by atoms with E-state index in [2.05, 4.69) is 5.32 Å². The van der Waals surface area contributed by atoms with Crippen LogP contribution in [0.1, 0.15) is 56.0 Å². The minimum atomic E-state index is -1.18. The van der Waals surface area contributed by atoms with Gasteiger partial charge in [-0.3, -0.25) is 5.32 Å². The number of hydrogen-bond acceptors (Lipinski definition) is 6. The Morgan fingerprint density at radius 1 is 1.00 bits per heavy atom. The molecule has 170 valence electrons. The Balaban J connectivity index is 1.53. The van der Waals surface area contributed by atoms with Crippen LogP contribution in [0, 0.1) is 6.92 Å². The van der Waals surface area contributed by atoms with Gasteiger partial charge in [-0.1, -0.05) is 55.5 Å². The number of amides is 1. The zero-order chi connectivity index (χ0) is 23.5. The fourth-order valence-electron chi connectivity index (χ4n) is 4.05. The van der Waals surface area contributed by atoms with Crippen LogP contribution < -0.4 is 5.32 Å². The van der Waals surface area contributed by atoms with Crippen LogP contribution in [-0.4, -0.2) is 36.4 Å². The van der Waals surface area contributed by atoms with Crippen LogP contribution in [0.3, 0.4) is 0 Å². The van der Waals surface area contributed by atoms with Gasteiger partial charge in [0, 0.05) is 5.92 Å². The lowest BCUT2D eigenvalue weighted by Gasteiger charge is -2.14. The van der Waals surface area contributed by atoms with E-state index >= 15 is 0 Å². The van der Waals surface area contributed by atoms with E-state index in [1.807, 2.05) is 55.5 Å². The highest BCUT2D eigenvalue weighted by Crippen LogP contribution is 2.44. The Morgan fingerprint density at radius 3 is 2.18 bits per heavy atom. The minimum Gasteiger partial charge on any atom is -0.477 e. The topological polar surface area (TPSA) is 102 Å². The van der Waals surface area contributed by atoms with E-state index in [0.717, 1.165) is 33.6 Å². The molecule has 0 saturated carbocycles. The summed E-state index contributed by atoms with van der Waals surface area (Å²) < 4.78 is 10.7. The molecule has 3 aromatic rings. The van der Waals surface area contributed by atoms with Crippen LogP contribution >= 0.6 is 11.3 Å². The van der Waals surface area contributed by atoms with Crippen molar-refractivity contribution in [2.75, 3.05) is 18.5 Å². The number of fused-ring (bicyclic) bond motifs is 3. The molecule has 0 spiro atoms. The lowest BCUT2D eigenvalue weighted by molar-refractivity contribution is 0.0506. The van der Waals surface area contributed by atoms with Gasteiger partial charge in [-0.15, -0.1) is 11.3 Å². The summed E-state index contributed by atoms with van der Waals surface area (Å²) in [6, 6.07) is 16.0. The van der Waals surface area contributed by atoms with Crippen molar-refractivity contribution < 1.29 is 29.0 Å². The van der Waals surface area contributed by atoms with Gasteiger partial charge in [0.1, 0.15) is 16.5 Å². The van der Waals surface area contributed by atoms with Gasteiger partial charge < -0.3 is 14.6 Å². The molecular weight excluding hydrogens is 442 g/mol. The molecule has 0 atom stereocenters. The standard InChI is InChI=1S/C25H23NO6S/c1-3-12-31-24(29)20-14(2)21(23(27)28)33-22(20)26-25(30)32-13-19-17-10-6-4-8-15(17)16-9-5-7-11-18(16)19/h4-11,19H,3,12-13H2,1-2H3,(H,26,30)(H,27,28). The van der Waals surface area contributed by atoms with Crippen molar-refractivity contribution in [3.8, 4) is 11.1 Å². The number of nitrogens with one attached hydrogen (secondary N) is 1. The summed E-state index contributed by atoms with van der Waals surface area (Å²) in [5.74, 6) is -1.97. The molecule has 0 aliphatic heterocycles. The van der Waals surface area contributed by atoms with Crippen molar-refractivity contribution in [3.63, 3.8) is 0 Å². The first-order valence-corrected chi connectivity index (χ1v) is 11.4. The molecule has 4 rings (SSSR count). The van der Waals surface area contributed by atoms with Crippen molar-refractivity contribution in [1.29, 1.82) is 0 Å². The fraction of sp³-hybridized carbons (Fsp3) is 0.240. The van der Waals surface area contributed by atoms with E-state index in [-0.39, 0.29) is 40.1 Å². The number of carboxylic acids is 1. The maximum atomic E-state index is 12.6. The van der Waals surface area contributed by atoms with Crippen LogP contribution in [0.15, 0.2) is 48.5 Å². The van der Waals surface area contributed by atoms with Gasteiger partial charge in [0.05, 0.1) is 12.2 Å². The summed E-state index contributed by atoms with van der Waals surface area (Å²) in [5, 5.41) is 12.1. The molecule has 8 heteroatoms. The largest absolute Gasteiger partial charge is 0.477 e. The van der Waals surface area contributed by atoms with Crippen LogP contribution in [0.2, 0.25) is 0 Å². The van der Waals surface area contributed by atoms with E-state index in [1.54, 1.807) is 0 Å². The molecule has 1 aliphatic rings. The average molecular weight is 466 g/mol. The van der Waals surface area contributed by atoms with Crippen molar-refractivity contribution in [2.45, 2.75) is 26.2 Å². The van der Waals surface area contributed by atoms with Crippen molar-refractivity contribution in [1.82, 2.24) is 0 Å². The molecule has 7 nitrogen and oxygen atoms in total. The number of anilines is 1. The van der Waals surface area contributed by atoms with E-state index in [0.29, 0.717) is 6.42 Å². The van der Waals surface area contributed by atoms with Gasteiger partial charge in [0.2, 0.25) is 0 Å². The number of aromatic carboxylic acids is 1. The summed E-state index contributed by atoms with van der Waals surface area (Å²) in [7, 11) is 0. The lowest BCUT2D eigenvalue weighted by atomic mass is 9.98. The molecule has 0 saturated heterocycles. The molecular formula is C25H23NO6S. The highest BCUT2D eigenvalue weighted by atomic mass is 32.1. The van der Waals surface area contributed by atoms with Gasteiger partial charge in [-0.25, -0.2) is 14.4 Å². The summed E-state index contributed by atoms with van der Waals surface area (Å²) >= 11 is 0.807. The number of benzene rings is 2. The summed E-state index contributed by atoms with van der Waals surface area (Å²) in [6.07, 6.45) is -0.143. The molecule has 0 fully saturated rings. The fourth-order valence-corrected chi connectivity index (χ4v) is 5.06. The third-order valence-electron chi connectivity index (χ3n) is 5.54. The summed E-state index contributed by atoms with van der Waals surface area (Å²) in [4.78, 5) is 36.7. The number of esters is 1. The SMILES string of the molecule is CCCOC(=O)c1c(NC(=O)OCC2c3ccccc3-c3ccccc32)sc(C(=O)O)c1C. The number of rotatable bonds is 7. The van der Waals surface area contributed by atoms with Gasteiger partial charge in [0.25, 0.3) is 0 Å². The summed E-state index contributed by atoms with van der Waals surface area (Å²) in [6.45, 7) is 3.67. The Labute approximate surface area is 195 Å². The summed E-state index contributed by atoms with van der Waals surface area (Å²) in [5.41, 5.74) is 4.68. The normalized spacial score (nSPS) is 12.1. The third-order valence-corrected chi connectivity index (χ3v) is 6.74. The number of ether oxygens (including phenoxy) is 2. The first-order chi connectivity index (χ1) is 15.9. The molecule has 1 aromatic heterocycles. The van der Waals surface area contributed by atoms with Crippen LogP contribution in [0.25, 0.3) is 11.1 Å². The second-order valence-corrected chi connectivity index (χ2v) is 8.67. The van der Waals surface area contributed by atoms with Crippen molar-refractivity contribution in [2.24, 2.45) is 0 Å². The molecule has 1 aliphatic carbocycles. The van der Waals surface area contributed by atoms with E-state index < -0.39 is 18.0 Å². The van der Waals surface area contributed by atoms with Crippen LogP contribution in [0.5, 0.6) is 0 Å². The maximum Gasteiger partial charge on any atom is 0.412 e. The van der Waals surface area contributed by atoms with E-state index in [4.69, 9.17) is 9.47 Å². The van der Waals surface area contributed by atoms with Gasteiger partial charge in [0.15, 0.2) is 0 Å². The highest BCUT2D eigenvalue weighted by molar-refractivity contribution is 7.18. The quantitative estimate of drug-likeness (QED) is 0.435. The molecule has 1 amide bonds. The van der Waals surface area contributed by atoms with Gasteiger partial charge in [-0.2, -0.15) is 0 Å². The predicted octanol–water partition coefficient (Wildman–Crippen LogP) is 5.68. The smallest absolute Gasteiger partial charge is 0.412 e. The lowest BCUT2D eigenvalue weighted by Crippen LogP contribution is -2.19. The average Bonchev–Trinajstić information content (AvgIpc) is 3.31. The van der Waals surface area contributed by atoms with Crippen LogP contribution in [0.4, 0.5) is 9.80 Å². The molecule has 0 bridgehead atoms. The number of hydrogen-bond donors (Lipinski definition) is 2. The zero-order valence-corrected chi connectivity index (χ0v) is 19.0. The Hall–Kier alpha value is -3.65. The van der Waals surface area contributed by atoms with Gasteiger partial charge >= 0.3 is 18.0 Å². The minimum absolute atomic E-state index is 0.0348. The first kappa shape index (κ1) is 22.5. The Kier molecular flexibility index (Phi) is 6.46. The third kappa shape index (κ3) is 4.34. The first-order valence-electron chi connectivity index (χ1n) is 10.6. The maximum absolute atomic E-state index is 12.6.